The average Bonchev–Trinajstić information content (AvgIpc) is 2.70. The van der Waals surface area contributed by atoms with Gasteiger partial charge in [-0.05, 0) is 24.1 Å². The molecule has 2 rings (SSSR count). The second kappa shape index (κ2) is 9.95. The molecule has 0 aliphatic carbocycles. The van der Waals surface area contributed by atoms with E-state index >= 15 is 0 Å². The molecule has 0 saturated carbocycles. The maximum Gasteiger partial charge on any atom is 0.252 e. The first kappa shape index (κ1) is 21.5. The quantitative estimate of drug-likeness (QED) is 0.513. The van der Waals surface area contributed by atoms with Gasteiger partial charge in [0, 0.05) is 39.1 Å². The van der Waals surface area contributed by atoms with Crippen LogP contribution in [0.4, 0.5) is 4.39 Å². The topological polar surface area (TPSA) is 61.4 Å². The first-order valence-electron chi connectivity index (χ1n) is 9.96. The summed E-state index contributed by atoms with van der Waals surface area (Å²) in [6.07, 6.45) is 3.85. The molecule has 1 aromatic rings. The highest BCUT2D eigenvalue weighted by Crippen LogP contribution is 2.35. The second-order valence-electron chi connectivity index (χ2n) is 7.29. The van der Waals surface area contributed by atoms with Crippen molar-refractivity contribution >= 4 is 11.7 Å². The van der Waals surface area contributed by atoms with Gasteiger partial charge in [-0.3, -0.25) is 14.5 Å². The number of nitrogens with zero attached hydrogens (tertiary/aromatic N) is 1. The minimum atomic E-state index is -1.42. The standard InChI is InChI=1S/C21H32FN3O2/c1-4-5-6-7-16(2)19(26)21(20(27)23-3,25-14-12-24-13-15-25)17-8-10-18(22)11-9-17/h8-11,16,24H,4-7,12-15H2,1-3H3,(H,23,27). The maximum absolute atomic E-state index is 13.7. The Balaban J connectivity index is 2.51. The number of ketones is 1. The smallest absolute Gasteiger partial charge is 0.252 e. The third kappa shape index (κ3) is 4.55. The van der Waals surface area contributed by atoms with E-state index in [0.29, 0.717) is 31.7 Å². The monoisotopic (exact) mass is 377 g/mol. The van der Waals surface area contributed by atoms with Crippen LogP contribution >= 0.6 is 0 Å². The molecule has 6 heteroatoms. The Morgan fingerprint density at radius 3 is 2.41 bits per heavy atom. The highest BCUT2D eigenvalue weighted by atomic mass is 19.1. The molecule has 2 N–H and O–H groups in total. The van der Waals surface area contributed by atoms with Crippen molar-refractivity contribution in [1.82, 2.24) is 15.5 Å². The Labute approximate surface area is 161 Å². The average molecular weight is 378 g/mol. The largest absolute Gasteiger partial charge is 0.357 e. The van der Waals surface area contributed by atoms with Crippen LogP contribution in [0.1, 0.15) is 45.1 Å². The van der Waals surface area contributed by atoms with Crippen molar-refractivity contribution in [2.45, 2.75) is 45.1 Å². The molecule has 2 atom stereocenters. The molecule has 1 aliphatic heterocycles. The number of hydrogen-bond acceptors (Lipinski definition) is 4. The van der Waals surface area contributed by atoms with Crippen LogP contribution in [-0.2, 0) is 15.1 Å². The lowest BCUT2D eigenvalue weighted by molar-refractivity contribution is -0.149. The van der Waals surface area contributed by atoms with E-state index in [1.165, 1.54) is 12.1 Å². The number of amides is 1. The number of Topliss-reactive ketones (excluding diaryl/α,β-unsaturated/α-hetero) is 1. The Morgan fingerprint density at radius 2 is 1.85 bits per heavy atom. The Kier molecular flexibility index (Phi) is 7.92. The number of piperazine rings is 1. The van der Waals surface area contributed by atoms with E-state index in [2.05, 4.69) is 17.6 Å². The Hall–Kier alpha value is -1.79. The summed E-state index contributed by atoms with van der Waals surface area (Å²) >= 11 is 0. The molecule has 0 bridgehead atoms. The lowest BCUT2D eigenvalue weighted by Crippen LogP contribution is -2.65. The van der Waals surface area contributed by atoms with Crippen LogP contribution in [0.25, 0.3) is 0 Å². The van der Waals surface area contributed by atoms with Crippen LogP contribution in [0.2, 0.25) is 0 Å². The van der Waals surface area contributed by atoms with Gasteiger partial charge in [0.25, 0.3) is 5.91 Å². The molecular weight excluding hydrogens is 345 g/mol. The lowest BCUT2D eigenvalue weighted by atomic mass is 9.76. The van der Waals surface area contributed by atoms with E-state index < -0.39 is 5.54 Å². The molecule has 5 nitrogen and oxygen atoms in total. The van der Waals surface area contributed by atoms with Gasteiger partial charge in [-0.1, -0.05) is 45.2 Å². The van der Waals surface area contributed by atoms with Gasteiger partial charge in [0.2, 0.25) is 0 Å². The van der Waals surface area contributed by atoms with Crippen molar-refractivity contribution in [1.29, 1.82) is 0 Å². The molecule has 27 heavy (non-hydrogen) atoms. The summed E-state index contributed by atoms with van der Waals surface area (Å²) in [5.41, 5.74) is -0.881. The fraction of sp³-hybridized carbons (Fsp3) is 0.619. The summed E-state index contributed by atoms with van der Waals surface area (Å²) in [5.74, 6) is -1.09. The molecule has 1 aromatic carbocycles. The normalized spacial score (nSPS) is 18.5. The first-order valence-corrected chi connectivity index (χ1v) is 9.96. The number of hydrogen-bond donors (Lipinski definition) is 2. The molecular formula is C21H32FN3O2. The zero-order valence-electron chi connectivity index (χ0n) is 16.7. The molecule has 2 unspecified atom stereocenters. The third-order valence-electron chi connectivity index (χ3n) is 5.45. The number of unbranched alkanes of at least 4 members (excludes halogenated alkanes) is 2. The number of rotatable bonds is 9. The van der Waals surface area contributed by atoms with E-state index in [0.717, 1.165) is 25.7 Å². The van der Waals surface area contributed by atoms with E-state index in [1.807, 2.05) is 11.8 Å². The molecule has 0 aromatic heterocycles. The van der Waals surface area contributed by atoms with Crippen LogP contribution in [0.15, 0.2) is 24.3 Å². The molecule has 1 amide bonds. The zero-order valence-corrected chi connectivity index (χ0v) is 16.7. The number of halogens is 1. The summed E-state index contributed by atoms with van der Waals surface area (Å²) in [6.45, 7) is 6.60. The maximum atomic E-state index is 13.7. The summed E-state index contributed by atoms with van der Waals surface area (Å²) in [7, 11) is 1.55. The van der Waals surface area contributed by atoms with E-state index in [1.54, 1.807) is 19.2 Å². The van der Waals surface area contributed by atoms with Crippen LogP contribution in [0, 0.1) is 11.7 Å². The first-order chi connectivity index (χ1) is 13.0. The van der Waals surface area contributed by atoms with Crippen LogP contribution < -0.4 is 10.6 Å². The SMILES string of the molecule is CCCCCC(C)C(=O)C(C(=O)NC)(c1ccc(F)cc1)N1CCNCC1. The van der Waals surface area contributed by atoms with Gasteiger partial charge in [0.15, 0.2) is 11.3 Å². The van der Waals surface area contributed by atoms with Crippen molar-refractivity contribution in [3.8, 4) is 0 Å². The van der Waals surface area contributed by atoms with Gasteiger partial charge in [0.1, 0.15) is 5.82 Å². The van der Waals surface area contributed by atoms with Gasteiger partial charge in [-0.2, -0.15) is 0 Å². The number of carbonyl (C=O) groups excluding carboxylic acids is 2. The molecule has 1 aliphatic rings. The highest BCUT2D eigenvalue weighted by Gasteiger charge is 2.52. The fourth-order valence-electron chi connectivity index (χ4n) is 3.93. The number of likely N-dealkylation sites (N-methyl/N-ethyl adjacent to an activating group) is 1. The molecule has 1 fully saturated rings. The van der Waals surface area contributed by atoms with Gasteiger partial charge < -0.3 is 10.6 Å². The zero-order chi connectivity index (χ0) is 19.9. The highest BCUT2D eigenvalue weighted by molar-refractivity contribution is 6.12. The minimum Gasteiger partial charge on any atom is -0.357 e. The Morgan fingerprint density at radius 1 is 1.22 bits per heavy atom. The molecule has 0 radical (unpaired) electrons. The van der Waals surface area contributed by atoms with E-state index in [9.17, 15) is 14.0 Å². The summed E-state index contributed by atoms with van der Waals surface area (Å²) in [5, 5.41) is 5.97. The molecule has 150 valence electrons. The summed E-state index contributed by atoms with van der Waals surface area (Å²) in [4.78, 5) is 28.9. The van der Waals surface area contributed by atoms with Crippen molar-refractivity contribution in [2.75, 3.05) is 33.2 Å². The van der Waals surface area contributed by atoms with Crippen molar-refractivity contribution < 1.29 is 14.0 Å². The van der Waals surface area contributed by atoms with E-state index in [-0.39, 0.29) is 23.4 Å². The van der Waals surface area contributed by atoms with Crippen molar-refractivity contribution in [3.63, 3.8) is 0 Å². The number of carbonyl (C=O) groups is 2. The van der Waals surface area contributed by atoms with Crippen molar-refractivity contribution in [3.05, 3.63) is 35.6 Å². The van der Waals surface area contributed by atoms with Crippen LogP contribution in [0.5, 0.6) is 0 Å². The Bertz CT molecular complexity index is 629. The summed E-state index contributed by atoms with van der Waals surface area (Å²) in [6, 6.07) is 5.79. The number of benzene rings is 1. The van der Waals surface area contributed by atoms with Crippen molar-refractivity contribution in [2.24, 2.45) is 5.92 Å². The number of nitrogens with one attached hydrogen (secondary N) is 2. The third-order valence-corrected chi connectivity index (χ3v) is 5.45. The van der Waals surface area contributed by atoms with Gasteiger partial charge >= 0.3 is 0 Å². The second-order valence-corrected chi connectivity index (χ2v) is 7.29. The predicted octanol–water partition coefficient (Wildman–Crippen LogP) is 2.46. The van der Waals surface area contributed by atoms with E-state index in [4.69, 9.17) is 0 Å². The minimum absolute atomic E-state index is 0.105. The molecule has 1 heterocycles. The van der Waals surface area contributed by atoms with Gasteiger partial charge in [-0.15, -0.1) is 0 Å². The fourth-order valence-corrected chi connectivity index (χ4v) is 3.93. The van der Waals surface area contributed by atoms with Crippen LogP contribution in [-0.4, -0.2) is 49.8 Å². The summed E-state index contributed by atoms with van der Waals surface area (Å²) < 4.78 is 13.6. The predicted molar refractivity (Wildman–Crippen MR) is 105 cm³/mol. The molecule has 1 saturated heterocycles. The molecule has 0 spiro atoms. The van der Waals surface area contributed by atoms with Gasteiger partial charge in [-0.25, -0.2) is 4.39 Å². The van der Waals surface area contributed by atoms with Crippen LogP contribution in [0.3, 0.4) is 0 Å². The lowest BCUT2D eigenvalue weighted by Gasteiger charge is -2.44. The van der Waals surface area contributed by atoms with Gasteiger partial charge in [0.05, 0.1) is 0 Å².